The third-order valence-electron chi connectivity index (χ3n) is 4.88. The van der Waals surface area contributed by atoms with Crippen LogP contribution in [0, 0.1) is 6.92 Å². The lowest BCUT2D eigenvalue weighted by Crippen LogP contribution is -2.48. The van der Waals surface area contributed by atoms with E-state index in [9.17, 15) is 0 Å². The summed E-state index contributed by atoms with van der Waals surface area (Å²) in [6, 6.07) is 19.2. The van der Waals surface area contributed by atoms with Crippen LogP contribution in [0.1, 0.15) is 24.0 Å². The first-order valence-electron chi connectivity index (χ1n) is 9.07. The third-order valence-corrected chi connectivity index (χ3v) is 4.88. The number of hydrogen-bond donors (Lipinski definition) is 0. The van der Waals surface area contributed by atoms with Crippen LogP contribution in [0.15, 0.2) is 59.6 Å². The minimum absolute atomic E-state index is 0.355. The molecular formula is C21H25N3O. The molecule has 0 bridgehead atoms. The Balaban J connectivity index is 1.61. The van der Waals surface area contributed by atoms with E-state index in [0.29, 0.717) is 6.10 Å². The number of aryl methyl sites for hydroxylation is 1. The molecule has 4 nitrogen and oxygen atoms in total. The second-order valence-electron chi connectivity index (χ2n) is 6.88. The average molecular weight is 335 g/mol. The summed E-state index contributed by atoms with van der Waals surface area (Å²) in [4.78, 5) is 9.61. The fourth-order valence-corrected chi connectivity index (χ4v) is 3.52. The molecular weight excluding hydrogens is 310 g/mol. The largest absolute Gasteiger partial charge is 0.377 e. The molecule has 0 amide bonds. The SMILES string of the molecule is Cc1ccc(N2CN(C[C@H]3CCCO3)CN=C2c2ccccc2)cc1. The molecule has 4 rings (SSSR count). The van der Waals surface area contributed by atoms with Gasteiger partial charge in [-0.2, -0.15) is 0 Å². The normalized spacial score (nSPS) is 21.4. The molecule has 4 heteroatoms. The highest BCUT2D eigenvalue weighted by Crippen LogP contribution is 2.23. The van der Waals surface area contributed by atoms with Crippen molar-refractivity contribution in [2.24, 2.45) is 4.99 Å². The standard InChI is InChI=1S/C21H25N3O/c1-17-9-11-19(12-10-17)24-16-23(14-20-8-5-13-25-20)15-22-21(24)18-6-3-2-4-7-18/h2-4,6-7,9-12,20H,5,8,13-16H2,1H3/t20-/m1/s1. The molecule has 130 valence electrons. The van der Waals surface area contributed by atoms with E-state index in [1.807, 2.05) is 6.07 Å². The molecule has 2 aliphatic heterocycles. The van der Waals surface area contributed by atoms with Crippen LogP contribution in [-0.4, -0.2) is 43.3 Å². The zero-order valence-electron chi connectivity index (χ0n) is 14.8. The number of anilines is 1. The number of nitrogens with zero attached hydrogens (tertiary/aromatic N) is 3. The van der Waals surface area contributed by atoms with Crippen LogP contribution < -0.4 is 4.90 Å². The third kappa shape index (κ3) is 3.75. The highest BCUT2D eigenvalue weighted by Gasteiger charge is 2.26. The van der Waals surface area contributed by atoms with Crippen LogP contribution >= 0.6 is 0 Å². The Morgan fingerprint density at radius 3 is 2.60 bits per heavy atom. The molecule has 0 N–H and O–H groups in total. The van der Waals surface area contributed by atoms with Crippen molar-refractivity contribution in [3.8, 4) is 0 Å². The van der Waals surface area contributed by atoms with Gasteiger partial charge in [-0.3, -0.25) is 9.89 Å². The molecule has 2 aromatic carbocycles. The van der Waals surface area contributed by atoms with Gasteiger partial charge in [0.2, 0.25) is 0 Å². The summed E-state index contributed by atoms with van der Waals surface area (Å²) < 4.78 is 5.82. The summed E-state index contributed by atoms with van der Waals surface area (Å²) in [5.74, 6) is 1.05. The van der Waals surface area contributed by atoms with Gasteiger partial charge < -0.3 is 9.64 Å². The highest BCUT2D eigenvalue weighted by molar-refractivity contribution is 6.10. The molecule has 0 spiro atoms. The van der Waals surface area contributed by atoms with E-state index in [0.717, 1.165) is 38.7 Å². The van der Waals surface area contributed by atoms with E-state index in [2.05, 4.69) is 65.3 Å². The quantitative estimate of drug-likeness (QED) is 0.853. The number of ether oxygens (including phenoxy) is 1. The first kappa shape index (κ1) is 16.3. The molecule has 25 heavy (non-hydrogen) atoms. The molecule has 0 aromatic heterocycles. The van der Waals surface area contributed by atoms with Gasteiger partial charge in [0, 0.05) is 24.4 Å². The zero-order chi connectivity index (χ0) is 17.1. The van der Waals surface area contributed by atoms with E-state index >= 15 is 0 Å². The number of benzene rings is 2. The Kier molecular flexibility index (Phi) is 4.81. The number of hydrogen-bond acceptors (Lipinski definition) is 4. The number of rotatable bonds is 4. The summed E-state index contributed by atoms with van der Waals surface area (Å²) in [6.07, 6.45) is 2.70. The van der Waals surface area contributed by atoms with Gasteiger partial charge in [0.25, 0.3) is 0 Å². The maximum Gasteiger partial charge on any atom is 0.137 e. The first-order valence-corrected chi connectivity index (χ1v) is 9.07. The molecule has 1 fully saturated rings. The lowest BCUT2D eigenvalue weighted by atomic mass is 10.1. The molecule has 0 aliphatic carbocycles. The number of aliphatic imine (C=N–C) groups is 1. The van der Waals surface area contributed by atoms with Crippen molar-refractivity contribution in [3.63, 3.8) is 0 Å². The lowest BCUT2D eigenvalue weighted by molar-refractivity contribution is 0.0739. The van der Waals surface area contributed by atoms with Crippen LogP contribution in [0.3, 0.4) is 0 Å². The summed E-state index contributed by atoms with van der Waals surface area (Å²) >= 11 is 0. The van der Waals surface area contributed by atoms with E-state index in [1.54, 1.807) is 0 Å². The molecule has 2 aliphatic rings. The van der Waals surface area contributed by atoms with Crippen molar-refractivity contribution < 1.29 is 4.74 Å². The van der Waals surface area contributed by atoms with Crippen molar-refractivity contribution >= 4 is 11.5 Å². The molecule has 0 radical (unpaired) electrons. The van der Waals surface area contributed by atoms with E-state index < -0.39 is 0 Å². The second-order valence-corrected chi connectivity index (χ2v) is 6.88. The fraction of sp³-hybridized carbons (Fsp3) is 0.381. The molecule has 1 atom stereocenters. The smallest absolute Gasteiger partial charge is 0.137 e. The molecule has 2 aromatic rings. The Bertz CT molecular complexity index is 721. The Labute approximate surface area is 149 Å². The van der Waals surface area contributed by atoms with Crippen molar-refractivity contribution in [2.75, 3.05) is 31.4 Å². The predicted octanol–water partition coefficient (Wildman–Crippen LogP) is 3.66. The van der Waals surface area contributed by atoms with Gasteiger partial charge >= 0.3 is 0 Å². The van der Waals surface area contributed by atoms with Gasteiger partial charge in [-0.1, -0.05) is 48.0 Å². The van der Waals surface area contributed by atoms with Crippen LogP contribution in [0.5, 0.6) is 0 Å². The lowest BCUT2D eigenvalue weighted by Gasteiger charge is -2.37. The maximum absolute atomic E-state index is 5.82. The number of amidine groups is 1. The van der Waals surface area contributed by atoms with Gasteiger partial charge in [0.15, 0.2) is 0 Å². The molecule has 2 heterocycles. The van der Waals surface area contributed by atoms with Crippen LogP contribution in [-0.2, 0) is 4.74 Å². The topological polar surface area (TPSA) is 28.1 Å². The monoisotopic (exact) mass is 335 g/mol. The van der Waals surface area contributed by atoms with E-state index in [4.69, 9.17) is 9.73 Å². The first-order chi connectivity index (χ1) is 12.3. The second kappa shape index (κ2) is 7.38. The summed E-state index contributed by atoms with van der Waals surface area (Å²) in [5.41, 5.74) is 3.63. The van der Waals surface area contributed by atoms with Crippen LogP contribution in [0.2, 0.25) is 0 Å². The van der Waals surface area contributed by atoms with Crippen molar-refractivity contribution in [2.45, 2.75) is 25.9 Å². The Morgan fingerprint density at radius 1 is 1.08 bits per heavy atom. The molecule has 0 saturated carbocycles. The average Bonchev–Trinajstić information content (AvgIpc) is 3.16. The Hall–Kier alpha value is -2.17. The molecule has 0 unspecified atom stereocenters. The van der Waals surface area contributed by atoms with Gasteiger partial charge in [0.05, 0.1) is 19.4 Å². The van der Waals surface area contributed by atoms with E-state index in [-0.39, 0.29) is 0 Å². The van der Waals surface area contributed by atoms with Crippen molar-refractivity contribution in [1.29, 1.82) is 0 Å². The van der Waals surface area contributed by atoms with Crippen LogP contribution in [0.25, 0.3) is 0 Å². The summed E-state index contributed by atoms with van der Waals surface area (Å²) in [5, 5.41) is 0. The fourth-order valence-electron chi connectivity index (χ4n) is 3.52. The van der Waals surface area contributed by atoms with Crippen molar-refractivity contribution in [1.82, 2.24) is 4.90 Å². The minimum atomic E-state index is 0.355. The zero-order valence-corrected chi connectivity index (χ0v) is 14.8. The molecule has 1 saturated heterocycles. The Morgan fingerprint density at radius 2 is 1.88 bits per heavy atom. The maximum atomic E-state index is 5.82. The van der Waals surface area contributed by atoms with Crippen molar-refractivity contribution in [3.05, 3.63) is 65.7 Å². The predicted molar refractivity (Wildman–Crippen MR) is 102 cm³/mol. The summed E-state index contributed by atoms with van der Waals surface area (Å²) in [6.45, 7) is 5.55. The van der Waals surface area contributed by atoms with Gasteiger partial charge in [-0.15, -0.1) is 0 Å². The summed E-state index contributed by atoms with van der Waals surface area (Å²) in [7, 11) is 0. The van der Waals surface area contributed by atoms with Gasteiger partial charge in [-0.25, -0.2) is 0 Å². The highest BCUT2D eigenvalue weighted by atomic mass is 16.5. The van der Waals surface area contributed by atoms with Gasteiger partial charge in [-0.05, 0) is 31.9 Å². The minimum Gasteiger partial charge on any atom is -0.377 e. The van der Waals surface area contributed by atoms with Gasteiger partial charge in [0.1, 0.15) is 5.84 Å². The van der Waals surface area contributed by atoms with Crippen LogP contribution in [0.4, 0.5) is 5.69 Å². The van der Waals surface area contributed by atoms with E-state index in [1.165, 1.54) is 23.2 Å².